The van der Waals surface area contributed by atoms with Crippen molar-refractivity contribution in [2.45, 2.75) is 55.5 Å². The first-order valence-corrected chi connectivity index (χ1v) is 9.62. The molecule has 0 amide bonds. The zero-order valence-electron chi connectivity index (χ0n) is 12.6. The van der Waals surface area contributed by atoms with Crippen LogP contribution in [0.15, 0.2) is 47.4 Å². The van der Waals surface area contributed by atoms with Crippen LogP contribution in [0.1, 0.15) is 38.5 Å². The maximum Gasteiger partial charge on any atom is 0.243 e. The van der Waals surface area contributed by atoms with E-state index in [1.165, 1.54) is 0 Å². The molecule has 2 aliphatic carbocycles. The summed E-state index contributed by atoms with van der Waals surface area (Å²) in [5.41, 5.74) is 0. The van der Waals surface area contributed by atoms with Gasteiger partial charge in [-0.15, -0.1) is 0 Å². The molecule has 0 saturated heterocycles. The minimum absolute atomic E-state index is 0.212. The lowest BCUT2D eigenvalue weighted by Gasteiger charge is -2.28. The third-order valence-corrected chi connectivity index (χ3v) is 6.89. The molecule has 2 aromatic rings. The molecule has 0 aromatic heterocycles. The maximum absolute atomic E-state index is 13.2. The lowest BCUT2D eigenvalue weighted by molar-refractivity contribution is 0.314. The molecule has 2 aromatic carbocycles. The summed E-state index contributed by atoms with van der Waals surface area (Å²) in [4.78, 5) is 0.449. The molecule has 4 rings (SSSR count). The molecule has 2 aliphatic rings. The van der Waals surface area contributed by atoms with E-state index in [9.17, 15) is 8.42 Å². The average Bonchev–Trinajstić information content (AvgIpc) is 3.20. The van der Waals surface area contributed by atoms with Crippen molar-refractivity contribution in [1.29, 1.82) is 0 Å². The van der Waals surface area contributed by atoms with Crippen LogP contribution in [0.5, 0.6) is 0 Å². The second kappa shape index (κ2) is 5.36. The summed E-state index contributed by atoms with van der Waals surface area (Å²) in [6.45, 7) is 0. The summed E-state index contributed by atoms with van der Waals surface area (Å²) < 4.78 is 28.2. The number of rotatable bonds is 4. The van der Waals surface area contributed by atoms with Gasteiger partial charge in [0.1, 0.15) is 0 Å². The van der Waals surface area contributed by atoms with Gasteiger partial charge in [0.2, 0.25) is 10.0 Å². The summed E-state index contributed by atoms with van der Waals surface area (Å²) >= 11 is 0. The highest BCUT2D eigenvalue weighted by molar-refractivity contribution is 7.89. The Morgan fingerprint density at radius 3 is 2.14 bits per heavy atom. The van der Waals surface area contributed by atoms with Crippen molar-refractivity contribution in [3.05, 3.63) is 42.5 Å². The van der Waals surface area contributed by atoms with Gasteiger partial charge < -0.3 is 0 Å². The van der Waals surface area contributed by atoms with Gasteiger partial charge in [0.15, 0.2) is 0 Å². The van der Waals surface area contributed by atoms with Gasteiger partial charge in [0.05, 0.1) is 4.90 Å². The van der Waals surface area contributed by atoms with Crippen LogP contribution in [0.2, 0.25) is 0 Å². The average molecular weight is 315 g/mol. The first-order valence-electron chi connectivity index (χ1n) is 8.18. The van der Waals surface area contributed by atoms with Gasteiger partial charge in [-0.1, -0.05) is 43.2 Å². The Bertz CT molecular complexity index is 790. The van der Waals surface area contributed by atoms with Crippen molar-refractivity contribution < 1.29 is 8.42 Å². The fraction of sp³-hybridized carbons (Fsp3) is 0.444. The molecule has 2 saturated carbocycles. The van der Waals surface area contributed by atoms with Crippen molar-refractivity contribution in [3.63, 3.8) is 0 Å². The summed E-state index contributed by atoms with van der Waals surface area (Å²) in [5, 5.41) is 2.08. The van der Waals surface area contributed by atoms with Crippen LogP contribution < -0.4 is 0 Å². The molecule has 2 fully saturated rings. The minimum atomic E-state index is -3.38. The third-order valence-electron chi connectivity index (χ3n) is 4.89. The van der Waals surface area contributed by atoms with Gasteiger partial charge >= 0.3 is 0 Å². The summed E-state index contributed by atoms with van der Waals surface area (Å²) in [6.07, 6.45) is 6.38. The zero-order valence-corrected chi connectivity index (χ0v) is 13.4. The third kappa shape index (κ3) is 2.44. The molecule has 0 spiro atoms. The molecular formula is C18H21NO2S. The molecule has 0 radical (unpaired) electrons. The van der Waals surface area contributed by atoms with Gasteiger partial charge in [0.25, 0.3) is 0 Å². The number of sulfonamides is 1. The highest BCUT2D eigenvalue weighted by Crippen LogP contribution is 2.39. The van der Waals surface area contributed by atoms with Crippen LogP contribution in [0.3, 0.4) is 0 Å². The van der Waals surface area contributed by atoms with Gasteiger partial charge in [-0.05, 0) is 48.6 Å². The monoisotopic (exact) mass is 315 g/mol. The molecule has 0 bridgehead atoms. The predicted octanol–water partition coefficient (Wildman–Crippen LogP) is 3.94. The number of nitrogens with zero attached hydrogens (tertiary/aromatic N) is 1. The molecule has 0 atom stereocenters. The fourth-order valence-electron chi connectivity index (χ4n) is 3.63. The summed E-state index contributed by atoms with van der Waals surface area (Å²) in [5.74, 6) is 0. The minimum Gasteiger partial charge on any atom is -0.207 e. The molecule has 3 nitrogen and oxygen atoms in total. The van der Waals surface area contributed by atoms with Crippen LogP contribution in [-0.2, 0) is 10.0 Å². The van der Waals surface area contributed by atoms with Gasteiger partial charge in [0, 0.05) is 12.1 Å². The Kier molecular flexibility index (Phi) is 3.46. The SMILES string of the molecule is O=S(=O)(c1ccc2ccccc2c1)N(C1CCCC1)C1CC1. The molecule has 0 aliphatic heterocycles. The van der Waals surface area contributed by atoms with E-state index >= 15 is 0 Å². The maximum atomic E-state index is 13.2. The normalized spacial score (nSPS) is 20.0. The van der Waals surface area contributed by atoms with E-state index in [4.69, 9.17) is 0 Å². The first kappa shape index (κ1) is 14.2. The van der Waals surface area contributed by atoms with Crippen molar-refractivity contribution in [2.75, 3.05) is 0 Å². The largest absolute Gasteiger partial charge is 0.243 e. The second-order valence-corrected chi connectivity index (χ2v) is 8.36. The molecule has 0 N–H and O–H groups in total. The Labute approximate surface area is 132 Å². The molecule has 0 heterocycles. The predicted molar refractivity (Wildman–Crippen MR) is 88.3 cm³/mol. The quantitative estimate of drug-likeness (QED) is 0.857. The van der Waals surface area contributed by atoms with Crippen molar-refractivity contribution in [2.24, 2.45) is 0 Å². The fourth-order valence-corrected chi connectivity index (χ4v) is 5.59. The molecule has 22 heavy (non-hydrogen) atoms. The van der Waals surface area contributed by atoms with E-state index < -0.39 is 10.0 Å². The van der Waals surface area contributed by atoms with E-state index in [0.29, 0.717) is 4.90 Å². The number of hydrogen-bond acceptors (Lipinski definition) is 2. The second-order valence-electron chi connectivity index (χ2n) is 6.51. The van der Waals surface area contributed by atoms with Crippen LogP contribution in [-0.4, -0.2) is 24.8 Å². The molecule has 0 unspecified atom stereocenters. The van der Waals surface area contributed by atoms with Gasteiger partial charge in [-0.2, -0.15) is 4.31 Å². The highest BCUT2D eigenvalue weighted by Gasteiger charge is 2.43. The smallest absolute Gasteiger partial charge is 0.207 e. The van der Waals surface area contributed by atoms with Crippen molar-refractivity contribution in [1.82, 2.24) is 4.31 Å². The van der Waals surface area contributed by atoms with Gasteiger partial charge in [-0.25, -0.2) is 8.42 Å². The van der Waals surface area contributed by atoms with E-state index in [2.05, 4.69) is 0 Å². The summed E-state index contributed by atoms with van der Waals surface area (Å²) in [6, 6.07) is 13.9. The standard InChI is InChI=1S/C18H21NO2S/c20-22(21,19(17-10-11-17)16-7-3-4-8-16)18-12-9-14-5-1-2-6-15(14)13-18/h1-2,5-6,9,12-13,16-17H,3-4,7-8,10-11H2. The molecular weight excluding hydrogens is 294 g/mol. The topological polar surface area (TPSA) is 37.4 Å². The van der Waals surface area contributed by atoms with Crippen LogP contribution in [0.25, 0.3) is 10.8 Å². The molecule has 116 valence electrons. The first-order chi connectivity index (χ1) is 10.7. The lowest BCUT2D eigenvalue weighted by atomic mass is 10.1. The Hall–Kier alpha value is -1.39. The zero-order chi connectivity index (χ0) is 15.2. The van der Waals surface area contributed by atoms with Gasteiger partial charge in [-0.3, -0.25) is 0 Å². The van der Waals surface area contributed by atoms with Crippen LogP contribution >= 0.6 is 0 Å². The highest BCUT2D eigenvalue weighted by atomic mass is 32.2. The van der Waals surface area contributed by atoms with E-state index in [1.807, 2.05) is 40.7 Å². The van der Waals surface area contributed by atoms with E-state index in [-0.39, 0.29) is 12.1 Å². The van der Waals surface area contributed by atoms with E-state index in [0.717, 1.165) is 49.3 Å². The number of hydrogen-bond donors (Lipinski definition) is 0. The Balaban J connectivity index is 1.76. The Morgan fingerprint density at radius 1 is 0.818 bits per heavy atom. The lowest BCUT2D eigenvalue weighted by Crippen LogP contribution is -2.40. The Morgan fingerprint density at radius 2 is 1.45 bits per heavy atom. The number of fused-ring (bicyclic) bond motifs is 1. The van der Waals surface area contributed by atoms with Crippen molar-refractivity contribution in [3.8, 4) is 0 Å². The summed E-state index contributed by atoms with van der Waals surface area (Å²) in [7, 11) is -3.38. The molecule has 4 heteroatoms. The van der Waals surface area contributed by atoms with Crippen LogP contribution in [0.4, 0.5) is 0 Å². The van der Waals surface area contributed by atoms with Crippen molar-refractivity contribution >= 4 is 20.8 Å². The van der Waals surface area contributed by atoms with Crippen LogP contribution in [0, 0.1) is 0 Å². The number of benzene rings is 2. The van der Waals surface area contributed by atoms with E-state index in [1.54, 1.807) is 6.07 Å².